The lowest BCUT2D eigenvalue weighted by Gasteiger charge is -2.32. The number of nitrogens with two attached hydrogens (primary N) is 1. The van der Waals surface area contributed by atoms with Gasteiger partial charge in [-0.1, -0.05) is 29.3 Å². The van der Waals surface area contributed by atoms with Gasteiger partial charge in [0.15, 0.2) is 0 Å². The molecular formula is C13H16Cl2FN. The average Bonchev–Trinajstić information content (AvgIpc) is 2.28. The maximum atomic E-state index is 14.5. The molecule has 4 heteroatoms. The van der Waals surface area contributed by atoms with Crippen molar-refractivity contribution in [3.63, 3.8) is 0 Å². The van der Waals surface area contributed by atoms with E-state index in [9.17, 15) is 4.39 Å². The van der Waals surface area contributed by atoms with Crippen LogP contribution >= 0.6 is 23.2 Å². The molecule has 0 amide bonds. The molecule has 1 saturated carbocycles. The van der Waals surface area contributed by atoms with Gasteiger partial charge in [0.2, 0.25) is 0 Å². The molecule has 1 nitrogen and oxygen atoms in total. The van der Waals surface area contributed by atoms with E-state index in [1.807, 2.05) is 6.07 Å². The van der Waals surface area contributed by atoms with Crippen LogP contribution in [0.5, 0.6) is 0 Å². The van der Waals surface area contributed by atoms with Gasteiger partial charge in [0, 0.05) is 12.5 Å². The summed E-state index contributed by atoms with van der Waals surface area (Å²) in [6.45, 7) is 0. The Labute approximate surface area is 111 Å². The van der Waals surface area contributed by atoms with E-state index in [1.165, 1.54) is 0 Å². The Hall–Kier alpha value is -0.310. The van der Waals surface area contributed by atoms with Crippen molar-refractivity contribution >= 4 is 23.2 Å². The van der Waals surface area contributed by atoms with Crippen LogP contribution in [0.3, 0.4) is 0 Å². The van der Waals surface area contributed by atoms with Crippen LogP contribution in [0.2, 0.25) is 10.0 Å². The highest BCUT2D eigenvalue weighted by Gasteiger charge is 2.34. The predicted octanol–water partition coefficient (Wildman–Crippen LogP) is 4.15. The van der Waals surface area contributed by atoms with E-state index in [1.54, 1.807) is 12.1 Å². The lowest BCUT2D eigenvalue weighted by molar-refractivity contribution is 0.0995. The molecule has 1 aliphatic carbocycles. The summed E-state index contributed by atoms with van der Waals surface area (Å²) in [4.78, 5) is 0. The van der Waals surface area contributed by atoms with Gasteiger partial charge in [-0.3, -0.25) is 0 Å². The first-order valence-electron chi connectivity index (χ1n) is 5.87. The van der Waals surface area contributed by atoms with Crippen LogP contribution in [-0.4, -0.2) is 11.7 Å². The van der Waals surface area contributed by atoms with Crippen molar-refractivity contribution in [1.29, 1.82) is 0 Å². The minimum atomic E-state index is -1.13. The van der Waals surface area contributed by atoms with E-state index >= 15 is 0 Å². The van der Waals surface area contributed by atoms with Gasteiger partial charge in [-0.15, -0.1) is 0 Å². The maximum absolute atomic E-state index is 14.5. The number of alkyl halides is 1. The van der Waals surface area contributed by atoms with Crippen LogP contribution in [0, 0.1) is 0 Å². The summed E-state index contributed by atoms with van der Waals surface area (Å²) in [6.07, 6.45) is 3.00. The fraction of sp³-hybridized carbons (Fsp3) is 0.538. The molecule has 17 heavy (non-hydrogen) atoms. The molecule has 0 bridgehead atoms. The highest BCUT2D eigenvalue weighted by atomic mass is 35.5. The summed E-state index contributed by atoms with van der Waals surface area (Å²) >= 11 is 11.8. The summed E-state index contributed by atoms with van der Waals surface area (Å²) < 4.78 is 14.5. The number of hydrogen-bond acceptors (Lipinski definition) is 1. The van der Waals surface area contributed by atoms with E-state index < -0.39 is 5.67 Å². The van der Waals surface area contributed by atoms with Crippen LogP contribution in [0.1, 0.15) is 31.2 Å². The van der Waals surface area contributed by atoms with Crippen LogP contribution in [0.4, 0.5) is 4.39 Å². The summed E-state index contributed by atoms with van der Waals surface area (Å²) in [6, 6.07) is 5.47. The smallest absolute Gasteiger partial charge is 0.115 e. The van der Waals surface area contributed by atoms with Crippen LogP contribution in [0.25, 0.3) is 0 Å². The van der Waals surface area contributed by atoms with Crippen molar-refractivity contribution in [3.8, 4) is 0 Å². The molecule has 0 atom stereocenters. The minimum absolute atomic E-state index is 0.160. The van der Waals surface area contributed by atoms with Crippen molar-refractivity contribution in [2.45, 2.75) is 43.8 Å². The summed E-state index contributed by atoms with van der Waals surface area (Å²) in [5.41, 5.74) is 5.56. The first-order valence-corrected chi connectivity index (χ1v) is 6.62. The highest BCUT2D eigenvalue weighted by Crippen LogP contribution is 2.35. The van der Waals surface area contributed by atoms with Gasteiger partial charge < -0.3 is 5.73 Å². The van der Waals surface area contributed by atoms with Crippen LogP contribution in [0.15, 0.2) is 18.2 Å². The third kappa shape index (κ3) is 3.34. The number of halogens is 3. The maximum Gasteiger partial charge on any atom is 0.115 e. The molecule has 1 aromatic carbocycles. The van der Waals surface area contributed by atoms with Crippen molar-refractivity contribution in [1.82, 2.24) is 0 Å². The molecule has 0 spiro atoms. The van der Waals surface area contributed by atoms with E-state index in [0.717, 1.165) is 18.4 Å². The minimum Gasteiger partial charge on any atom is -0.328 e. The first kappa shape index (κ1) is 13.1. The van der Waals surface area contributed by atoms with Gasteiger partial charge in [-0.25, -0.2) is 4.39 Å². The zero-order valence-corrected chi connectivity index (χ0v) is 11.1. The molecule has 0 heterocycles. The Bertz CT molecular complexity index is 400. The molecule has 2 N–H and O–H groups in total. The largest absolute Gasteiger partial charge is 0.328 e. The van der Waals surface area contributed by atoms with Crippen molar-refractivity contribution in [2.75, 3.05) is 0 Å². The van der Waals surface area contributed by atoms with E-state index in [4.69, 9.17) is 28.9 Å². The second-order valence-electron chi connectivity index (χ2n) is 4.91. The van der Waals surface area contributed by atoms with Gasteiger partial charge in [-0.2, -0.15) is 0 Å². The lowest BCUT2D eigenvalue weighted by Crippen LogP contribution is -2.37. The van der Waals surface area contributed by atoms with Crippen LogP contribution < -0.4 is 5.73 Å². The molecule has 1 fully saturated rings. The second kappa shape index (κ2) is 5.13. The number of benzene rings is 1. The topological polar surface area (TPSA) is 26.0 Å². The van der Waals surface area contributed by atoms with E-state index in [-0.39, 0.29) is 6.04 Å². The molecule has 0 aliphatic heterocycles. The zero-order valence-electron chi connectivity index (χ0n) is 9.56. The fourth-order valence-electron chi connectivity index (χ4n) is 2.35. The monoisotopic (exact) mass is 275 g/mol. The summed E-state index contributed by atoms with van der Waals surface area (Å²) in [5.74, 6) is 0. The third-order valence-electron chi connectivity index (χ3n) is 3.43. The van der Waals surface area contributed by atoms with E-state index in [2.05, 4.69) is 0 Å². The fourth-order valence-corrected chi connectivity index (χ4v) is 2.67. The van der Waals surface area contributed by atoms with Crippen LogP contribution in [-0.2, 0) is 6.42 Å². The molecule has 1 aromatic rings. The van der Waals surface area contributed by atoms with Gasteiger partial charge >= 0.3 is 0 Å². The average molecular weight is 276 g/mol. The first-order chi connectivity index (χ1) is 7.98. The Kier molecular flexibility index (Phi) is 3.96. The van der Waals surface area contributed by atoms with Crippen molar-refractivity contribution in [2.24, 2.45) is 5.73 Å². The Morgan fingerprint density at radius 1 is 1.24 bits per heavy atom. The molecule has 0 aromatic heterocycles. The van der Waals surface area contributed by atoms with E-state index in [0.29, 0.717) is 29.3 Å². The van der Waals surface area contributed by atoms with Crippen molar-refractivity contribution in [3.05, 3.63) is 33.8 Å². The normalized spacial score (nSPS) is 29.3. The summed E-state index contributed by atoms with van der Waals surface area (Å²) in [7, 11) is 0. The third-order valence-corrected chi connectivity index (χ3v) is 4.17. The van der Waals surface area contributed by atoms with Gasteiger partial charge in [0.1, 0.15) is 5.67 Å². The summed E-state index contributed by atoms with van der Waals surface area (Å²) in [5, 5.41) is 0.995. The molecule has 1 aliphatic rings. The lowest BCUT2D eigenvalue weighted by atomic mass is 9.80. The molecule has 2 rings (SSSR count). The highest BCUT2D eigenvalue weighted by molar-refractivity contribution is 6.42. The molecular weight excluding hydrogens is 260 g/mol. The van der Waals surface area contributed by atoms with Gasteiger partial charge in [0.25, 0.3) is 0 Å². The SMILES string of the molecule is NC1CCC(F)(Cc2ccc(Cl)c(Cl)c2)CC1. The Balaban J connectivity index is 2.07. The quantitative estimate of drug-likeness (QED) is 0.863. The van der Waals surface area contributed by atoms with Gasteiger partial charge in [-0.05, 0) is 43.4 Å². The van der Waals surface area contributed by atoms with Gasteiger partial charge in [0.05, 0.1) is 10.0 Å². The second-order valence-corrected chi connectivity index (χ2v) is 5.73. The number of rotatable bonds is 2. The standard InChI is InChI=1S/C13H16Cl2FN/c14-11-2-1-9(7-12(11)15)8-13(16)5-3-10(17)4-6-13/h1-2,7,10H,3-6,8,17H2. The molecule has 0 saturated heterocycles. The molecule has 0 radical (unpaired) electrons. The Morgan fingerprint density at radius 3 is 2.47 bits per heavy atom. The van der Waals surface area contributed by atoms with Crippen molar-refractivity contribution < 1.29 is 4.39 Å². The Morgan fingerprint density at radius 2 is 1.88 bits per heavy atom. The molecule has 0 unspecified atom stereocenters. The number of hydrogen-bond donors (Lipinski definition) is 1. The zero-order chi connectivity index (χ0) is 12.5. The molecule has 94 valence electrons. The predicted molar refractivity (Wildman–Crippen MR) is 70.4 cm³/mol.